The lowest BCUT2D eigenvalue weighted by atomic mass is 9.91. The van der Waals surface area contributed by atoms with Crippen LogP contribution >= 0.6 is 0 Å². The van der Waals surface area contributed by atoms with Gasteiger partial charge in [0.05, 0.1) is 5.69 Å². The van der Waals surface area contributed by atoms with E-state index in [4.69, 9.17) is 0 Å². The number of pyridine rings is 2. The van der Waals surface area contributed by atoms with Crippen LogP contribution in [0.2, 0.25) is 0 Å². The van der Waals surface area contributed by atoms with Gasteiger partial charge in [-0.1, -0.05) is 25.1 Å². The predicted molar refractivity (Wildman–Crippen MR) is 76.5 cm³/mol. The van der Waals surface area contributed by atoms with E-state index >= 15 is 0 Å². The molecule has 0 N–H and O–H groups in total. The van der Waals surface area contributed by atoms with Crippen LogP contribution in [0.25, 0.3) is 11.6 Å². The van der Waals surface area contributed by atoms with E-state index in [-0.39, 0.29) is 0 Å². The van der Waals surface area contributed by atoms with Crippen LogP contribution in [0, 0.1) is 0 Å². The summed E-state index contributed by atoms with van der Waals surface area (Å²) in [6, 6.07) is 6.29. The molecule has 4 rings (SSSR count). The van der Waals surface area contributed by atoms with E-state index < -0.39 is 0 Å². The summed E-state index contributed by atoms with van der Waals surface area (Å²) < 4.78 is 0. The van der Waals surface area contributed by atoms with Crippen molar-refractivity contribution in [1.82, 2.24) is 9.97 Å². The lowest BCUT2D eigenvalue weighted by Gasteiger charge is -2.13. The second-order valence-corrected chi connectivity index (χ2v) is 5.15. The maximum atomic E-state index is 4.46. The van der Waals surface area contributed by atoms with Crippen molar-refractivity contribution in [3.63, 3.8) is 0 Å². The van der Waals surface area contributed by atoms with Gasteiger partial charge in [0.15, 0.2) is 0 Å². The summed E-state index contributed by atoms with van der Waals surface area (Å²) in [7, 11) is 0. The molecule has 2 aliphatic rings. The van der Waals surface area contributed by atoms with Crippen LogP contribution in [0.15, 0.2) is 48.4 Å². The molecule has 92 valence electrons. The van der Waals surface area contributed by atoms with Crippen molar-refractivity contribution >= 4 is 11.6 Å². The van der Waals surface area contributed by atoms with Crippen molar-refractivity contribution in [2.75, 3.05) is 0 Å². The number of hydrogen-bond donors (Lipinski definition) is 0. The maximum absolute atomic E-state index is 4.46. The number of allylic oxidation sites excluding steroid dienone is 3. The highest BCUT2D eigenvalue weighted by atomic mass is 14.7. The first-order valence-electron chi connectivity index (χ1n) is 6.65. The molecular weight excluding hydrogens is 232 g/mol. The van der Waals surface area contributed by atoms with Gasteiger partial charge in [-0.25, -0.2) is 0 Å². The Morgan fingerprint density at radius 3 is 3.05 bits per heavy atom. The van der Waals surface area contributed by atoms with E-state index in [1.807, 2.05) is 24.7 Å². The fraction of sp³-hybridized carbons (Fsp3) is 0.176. The highest BCUT2D eigenvalue weighted by Crippen LogP contribution is 2.44. The Labute approximate surface area is 112 Å². The first kappa shape index (κ1) is 10.7. The summed E-state index contributed by atoms with van der Waals surface area (Å²) >= 11 is 0. The zero-order valence-corrected chi connectivity index (χ0v) is 10.8. The van der Waals surface area contributed by atoms with Gasteiger partial charge in [0.1, 0.15) is 0 Å². The van der Waals surface area contributed by atoms with E-state index in [0.29, 0.717) is 5.92 Å². The highest BCUT2D eigenvalue weighted by molar-refractivity contribution is 5.91. The Morgan fingerprint density at radius 1 is 1.21 bits per heavy atom. The standard InChI is InChI=1S/C17H14N2/c1-11-15(9-12-6-8-18-10-16(11)12)13-4-5-17-14(13)3-2-7-19-17/h2-4,6-11H,5H2,1H3. The minimum Gasteiger partial charge on any atom is -0.264 e. The van der Waals surface area contributed by atoms with Crippen molar-refractivity contribution in [3.8, 4) is 0 Å². The van der Waals surface area contributed by atoms with Crippen LogP contribution in [0.5, 0.6) is 0 Å². The Bertz CT molecular complexity index is 726. The first-order valence-corrected chi connectivity index (χ1v) is 6.65. The Hall–Kier alpha value is -2.22. The van der Waals surface area contributed by atoms with E-state index in [2.05, 4.69) is 41.2 Å². The topological polar surface area (TPSA) is 25.8 Å². The van der Waals surface area contributed by atoms with Crippen LogP contribution < -0.4 is 0 Å². The largest absolute Gasteiger partial charge is 0.264 e. The van der Waals surface area contributed by atoms with Crippen LogP contribution in [0.3, 0.4) is 0 Å². The minimum atomic E-state index is 0.418. The van der Waals surface area contributed by atoms with Gasteiger partial charge in [-0.3, -0.25) is 9.97 Å². The number of hydrogen-bond acceptors (Lipinski definition) is 2. The average Bonchev–Trinajstić information content (AvgIpc) is 3.01. The van der Waals surface area contributed by atoms with E-state index in [9.17, 15) is 0 Å². The molecule has 0 saturated heterocycles. The summed E-state index contributed by atoms with van der Waals surface area (Å²) in [5.41, 5.74) is 7.87. The summed E-state index contributed by atoms with van der Waals surface area (Å²) in [6.45, 7) is 2.26. The monoisotopic (exact) mass is 246 g/mol. The van der Waals surface area contributed by atoms with Gasteiger partial charge in [-0.05, 0) is 34.4 Å². The lowest BCUT2D eigenvalue weighted by Crippen LogP contribution is -1.96. The molecule has 2 nitrogen and oxygen atoms in total. The molecule has 2 aromatic rings. The second-order valence-electron chi connectivity index (χ2n) is 5.15. The average molecular weight is 246 g/mol. The zero-order chi connectivity index (χ0) is 12.8. The van der Waals surface area contributed by atoms with Gasteiger partial charge in [-0.15, -0.1) is 0 Å². The Balaban J connectivity index is 1.81. The van der Waals surface area contributed by atoms with Gasteiger partial charge in [0.25, 0.3) is 0 Å². The molecule has 0 spiro atoms. The van der Waals surface area contributed by atoms with Crippen molar-refractivity contribution in [1.29, 1.82) is 0 Å². The first-order chi connectivity index (χ1) is 9.34. The smallest absolute Gasteiger partial charge is 0.0519 e. The van der Waals surface area contributed by atoms with Gasteiger partial charge in [0.2, 0.25) is 0 Å². The number of rotatable bonds is 1. The number of aromatic nitrogens is 2. The van der Waals surface area contributed by atoms with Crippen LogP contribution in [0.4, 0.5) is 0 Å². The number of nitrogens with zero attached hydrogens (tertiary/aromatic N) is 2. The molecule has 19 heavy (non-hydrogen) atoms. The molecule has 2 aromatic heterocycles. The van der Waals surface area contributed by atoms with Crippen LogP contribution in [-0.4, -0.2) is 9.97 Å². The highest BCUT2D eigenvalue weighted by Gasteiger charge is 2.27. The molecule has 0 aromatic carbocycles. The SMILES string of the molecule is CC1C(C2=CCc3ncccc32)=Cc2ccncc21. The van der Waals surface area contributed by atoms with Crippen molar-refractivity contribution in [2.45, 2.75) is 19.3 Å². The summed E-state index contributed by atoms with van der Waals surface area (Å²) in [6.07, 6.45) is 11.3. The number of fused-ring (bicyclic) bond motifs is 2. The molecule has 0 aliphatic heterocycles. The Morgan fingerprint density at radius 2 is 2.16 bits per heavy atom. The van der Waals surface area contributed by atoms with Crippen molar-refractivity contribution in [2.24, 2.45) is 0 Å². The quantitative estimate of drug-likeness (QED) is 0.768. The third kappa shape index (κ3) is 1.49. The van der Waals surface area contributed by atoms with E-state index in [1.54, 1.807) is 0 Å². The molecule has 2 heteroatoms. The third-order valence-electron chi connectivity index (χ3n) is 4.12. The van der Waals surface area contributed by atoms with Gasteiger partial charge >= 0.3 is 0 Å². The minimum absolute atomic E-state index is 0.418. The molecule has 1 atom stereocenters. The van der Waals surface area contributed by atoms with Crippen molar-refractivity contribution < 1.29 is 0 Å². The van der Waals surface area contributed by atoms with Crippen molar-refractivity contribution in [3.05, 3.63) is 70.8 Å². The molecule has 0 amide bonds. The molecule has 2 heterocycles. The molecule has 2 aliphatic carbocycles. The fourth-order valence-electron chi connectivity index (χ4n) is 3.11. The predicted octanol–water partition coefficient (Wildman–Crippen LogP) is 3.62. The molecule has 1 unspecified atom stereocenters. The summed E-state index contributed by atoms with van der Waals surface area (Å²) in [5.74, 6) is 0.418. The zero-order valence-electron chi connectivity index (χ0n) is 10.8. The van der Waals surface area contributed by atoms with Gasteiger partial charge in [0, 0.05) is 36.5 Å². The molecule has 0 bridgehead atoms. The van der Waals surface area contributed by atoms with Crippen LogP contribution in [-0.2, 0) is 6.42 Å². The second kappa shape index (κ2) is 3.89. The summed E-state index contributed by atoms with van der Waals surface area (Å²) in [5, 5.41) is 0. The molecule has 0 fully saturated rings. The van der Waals surface area contributed by atoms with Gasteiger partial charge in [-0.2, -0.15) is 0 Å². The fourth-order valence-corrected chi connectivity index (χ4v) is 3.11. The molecule has 0 saturated carbocycles. The molecular formula is C17H14N2. The Kier molecular flexibility index (Phi) is 2.18. The van der Waals surface area contributed by atoms with E-state index in [1.165, 1.54) is 33.5 Å². The normalized spacial score (nSPS) is 19.7. The maximum Gasteiger partial charge on any atom is 0.0519 e. The van der Waals surface area contributed by atoms with Crippen LogP contribution in [0.1, 0.15) is 35.2 Å². The van der Waals surface area contributed by atoms with Gasteiger partial charge < -0.3 is 0 Å². The molecule has 0 radical (unpaired) electrons. The summed E-state index contributed by atoms with van der Waals surface area (Å²) in [4.78, 5) is 8.71. The third-order valence-corrected chi connectivity index (χ3v) is 4.12. The van der Waals surface area contributed by atoms with E-state index in [0.717, 1.165) is 6.42 Å². The lowest BCUT2D eigenvalue weighted by molar-refractivity contribution is 0.941.